The minimum absolute atomic E-state index is 0.0598. The number of hydrogen-bond acceptors (Lipinski definition) is 6. The Morgan fingerprint density at radius 2 is 2.05 bits per heavy atom. The predicted molar refractivity (Wildman–Crippen MR) is 76.6 cm³/mol. The van der Waals surface area contributed by atoms with Crippen molar-refractivity contribution in [1.82, 2.24) is 20.0 Å². The van der Waals surface area contributed by atoms with E-state index >= 15 is 0 Å². The molecule has 0 aliphatic heterocycles. The minimum Gasteiger partial charge on any atom is -0.495 e. The third-order valence-corrected chi connectivity index (χ3v) is 2.85. The monoisotopic (exact) mass is 301 g/mol. The van der Waals surface area contributed by atoms with Gasteiger partial charge in [-0.2, -0.15) is 5.10 Å². The molecular formula is C14H12FN5O2. The average Bonchev–Trinajstić information content (AvgIpc) is 2.99. The van der Waals surface area contributed by atoms with Gasteiger partial charge in [0.2, 0.25) is 5.88 Å². The summed E-state index contributed by atoms with van der Waals surface area (Å²) in [6.07, 6.45) is 3.13. The van der Waals surface area contributed by atoms with E-state index in [1.54, 1.807) is 24.4 Å². The lowest BCUT2D eigenvalue weighted by Crippen LogP contribution is -2.00. The zero-order valence-electron chi connectivity index (χ0n) is 11.6. The largest absolute Gasteiger partial charge is 0.495 e. The van der Waals surface area contributed by atoms with Crippen molar-refractivity contribution in [3.05, 3.63) is 48.5 Å². The van der Waals surface area contributed by atoms with E-state index in [0.717, 1.165) is 0 Å². The van der Waals surface area contributed by atoms with Gasteiger partial charge in [0.25, 0.3) is 0 Å². The molecule has 0 atom stereocenters. The zero-order chi connectivity index (χ0) is 15.5. The molecule has 0 unspecified atom stereocenters. The lowest BCUT2D eigenvalue weighted by molar-refractivity contribution is 0.410. The lowest BCUT2D eigenvalue weighted by Gasteiger charge is -2.04. The molecule has 0 radical (unpaired) electrons. The molecule has 3 rings (SSSR count). The van der Waals surface area contributed by atoms with Gasteiger partial charge in [0.1, 0.15) is 17.3 Å². The van der Waals surface area contributed by atoms with Crippen LogP contribution in [0.3, 0.4) is 0 Å². The standard InChI is InChI=1S/C14H12FN5O2/c1-21-10-7-13(18-17-8-10)20-5-4-14(19-20)22-9-2-3-12(16)11(15)6-9/h2-8H,16H2,1H3. The predicted octanol–water partition coefficient (Wildman–Crippen LogP) is 2.18. The fourth-order valence-corrected chi connectivity index (χ4v) is 1.74. The maximum Gasteiger partial charge on any atom is 0.238 e. The third kappa shape index (κ3) is 2.80. The fourth-order valence-electron chi connectivity index (χ4n) is 1.74. The first kappa shape index (κ1) is 13.8. The van der Waals surface area contributed by atoms with Crippen LogP contribution in [-0.4, -0.2) is 27.1 Å². The molecule has 0 saturated carbocycles. The van der Waals surface area contributed by atoms with E-state index in [-0.39, 0.29) is 11.6 Å². The number of ether oxygens (including phenoxy) is 2. The van der Waals surface area contributed by atoms with Gasteiger partial charge in [0.15, 0.2) is 5.82 Å². The third-order valence-electron chi connectivity index (χ3n) is 2.85. The number of nitrogens with two attached hydrogens (primary N) is 1. The van der Waals surface area contributed by atoms with Gasteiger partial charge < -0.3 is 15.2 Å². The summed E-state index contributed by atoms with van der Waals surface area (Å²) in [5, 5.41) is 11.9. The summed E-state index contributed by atoms with van der Waals surface area (Å²) in [7, 11) is 1.54. The number of methoxy groups -OCH3 is 1. The number of aromatic nitrogens is 4. The second-order valence-corrected chi connectivity index (χ2v) is 4.34. The highest BCUT2D eigenvalue weighted by Gasteiger charge is 2.07. The first-order chi connectivity index (χ1) is 10.7. The Labute approximate surface area is 125 Å². The number of benzene rings is 1. The molecule has 112 valence electrons. The molecule has 2 heterocycles. The molecule has 8 heteroatoms. The summed E-state index contributed by atoms with van der Waals surface area (Å²) in [5.41, 5.74) is 5.47. The van der Waals surface area contributed by atoms with E-state index < -0.39 is 5.82 Å². The van der Waals surface area contributed by atoms with Crippen molar-refractivity contribution in [1.29, 1.82) is 0 Å². The van der Waals surface area contributed by atoms with Gasteiger partial charge in [0.05, 0.1) is 19.0 Å². The Morgan fingerprint density at radius 3 is 2.82 bits per heavy atom. The van der Waals surface area contributed by atoms with E-state index in [9.17, 15) is 4.39 Å². The van der Waals surface area contributed by atoms with Gasteiger partial charge in [-0.1, -0.05) is 0 Å². The highest BCUT2D eigenvalue weighted by molar-refractivity contribution is 5.44. The normalized spacial score (nSPS) is 10.5. The number of hydrogen-bond donors (Lipinski definition) is 1. The van der Waals surface area contributed by atoms with Gasteiger partial charge in [-0.25, -0.2) is 9.07 Å². The molecule has 0 saturated heterocycles. The van der Waals surface area contributed by atoms with Crippen LogP contribution in [0.1, 0.15) is 0 Å². The molecule has 0 spiro atoms. The van der Waals surface area contributed by atoms with Crippen LogP contribution in [0.2, 0.25) is 0 Å². The van der Waals surface area contributed by atoms with Gasteiger partial charge in [-0.15, -0.1) is 10.2 Å². The van der Waals surface area contributed by atoms with Crippen LogP contribution in [-0.2, 0) is 0 Å². The molecule has 1 aromatic carbocycles. The van der Waals surface area contributed by atoms with E-state index in [4.69, 9.17) is 15.2 Å². The maximum absolute atomic E-state index is 13.4. The van der Waals surface area contributed by atoms with E-state index in [1.165, 1.54) is 30.1 Å². The summed E-state index contributed by atoms with van der Waals surface area (Å²) >= 11 is 0. The van der Waals surface area contributed by atoms with Crippen LogP contribution in [0.15, 0.2) is 42.7 Å². The van der Waals surface area contributed by atoms with Crippen molar-refractivity contribution < 1.29 is 13.9 Å². The van der Waals surface area contributed by atoms with Crippen molar-refractivity contribution in [2.75, 3.05) is 12.8 Å². The Kier molecular flexibility index (Phi) is 3.57. The van der Waals surface area contributed by atoms with Gasteiger partial charge in [0, 0.05) is 24.4 Å². The van der Waals surface area contributed by atoms with E-state index in [0.29, 0.717) is 17.3 Å². The molecule has 7 nitrogen and oxygen atoms in total. The lowest BCUT2D eigenvalue weighted by atomic mass is 10.3. The second-order valence-electron chi connectivity index (χ2n) is 4.34. The molecule has 0 amide bonds. The molecule has 0 fully saturated rings. The minimum atomic E-state index is -0.546. The van der Waals surface area contributed by atoms with Gasteiger partial charge in [-0.05, 0) is 12.1 Å². The Morgan fingerprint density at radius 1 is 1.18 bits per heavy atom. The second kappa shape index (κ2) is 5.68. The molecular weight excluding hydrogens is 289 g/mol. The first-order valence-electron chi connectivity index (χ1n) is 6.31. The number of nitrogen functional groups attached to an aromatic ring is 1. The number of nitrogens with zero attached hydrogens (tertiary/aromatic N) is 4. The summed E-state index contributed by atoms with van der Waals surface area (Å²) in [6.45, 7) is 0. The summed E-state index contributed by atoms with van der Waals surface area (Å²) in [5.74, 6) is 1.07. The van der Waals surface area contributed by atoms with Gasteiger partial charge in [-0.3, -0.25) is 0 Å². The summed E-state index contributed by atoms with van der Waals surface area (Å²) in [6, 6.07) is 7.47. The Bertz CT molecular complexity index is 805. The molecule has 22 heavy (non-hydrogen) atoms. The number of rotatable bonds is 4. The zero-order valence-corrected chi connectivity index (χ0v) is 11.6. The van der Waals surface area contributed by atoms with Crippen LogP contribution in [0.25, 0.3) is 5.82 Å². The van der Waals surface area contributed by atoms with E-state index in [1.807, 2.05) is 0 Å². The Hall–Kier alpha value is -3.16. The average molecular weight is 301 g/mol. The first-order valence-corrected chi connectivity index (χ1v) is 6.31. The van der Waals surface area contributed by atoms with Crippen molar-refractivity contribution in [2.45, 2.75) is 0 Å². The fraction of sp³-hybridized carbons (Fsp3) is 0.0714. The van der Waals surface area contributed by atoms with Crippen molar-refractivity contribution in [3.8, 4) is 23.2 Å². The quantitative estimate of drug-likeness (QED) is 0.743. The van der Waals surface area contributed by atoms with Crippen LogP contribution in [0, 0.1) is 5.82 Å². The molecule has 0 aliphatic carbocycles. The molecule has 0 aliphatic rings. The SMILES string of the molecule is COc1cnnc(-n2ccc(Oc3ccc(N)c(F)c3)n2)c1. The van der Waals surface area contributed by atoms with E-state index in [2.05, 4.69) is 15.3 Å². The molecule has 3 aromatic rings. The van der Waals surface area contributed by atoms with Crippen LogP contribution in [0.4, 0.5) is 10.1 Å². The topological polar surface area (TPSA) is 88.1 Å². The smallest absolute Gasteiger partial charge is 0.238 e. The molecule has 0 bridgehead atoms. The summed E-state index contributed by atoms with van der Waals surface area (Å²) < 4.78 is 25.4. The maximum atomic E-state index is 13.4. The number of halogens is 1. The Balaban J connectivity index is 1.82. The van der Waals surface area contributed by atoms with Crippen LogP contribution >= 0.6 is 0 Å². The molecule has 2 N–H and O–H groups in total. The van der Waals surface area contributed by atoms with Crippen molar-refractivity contribution >= 4 is 5.69 Å². The molecule has 2 aromatic heterocycles. The van der Waals surface area contributed by atoms with Crippen molar-refractivity contribution in [3.63, 3.8) is 0 Å². The highest BCUT2D eigenvalue weighted by atomic mass is 19.1. The van der Waals surface area contributed by atoms with Crippen molar-refractivity contribution in [2.24, 2.45) is 0 Å². The van der Waals surface area contributed by atoms with Crippen LogP contribution in [0.5, 0.6) is 17.4 Å². The summed E-state index contributed by atoms with van der Waals surface area (Å²) in [4.78, 5) is 0. The number of anilines is 1. The van der Waals surface area contributed by atoms with Crippen LogP contribution < -0.4 is 15.2 Å². The van der Waals surface area contributed by atoms with Gasteiger partial charge >= 0.3 is 0 Å². The highest BCUT2D eigenvalue weighted by Crippen LogP contribution is 2.23.